The van der Waals surface area contributed by atoms with E-state index in [1.54, 1.807) is 0 Å². The van der Waals surface area contributed by atoms with Gasteiger partial charge < -0.3 is 9.30 Å². The van der Waals surface area contributed by atoms with E-state index < -0.39 is 7.14 Å². The first-order valence-electron chi connectivity index (χ1n) is 15.2. The van der Waals surface area contributed by atoms with Crippen LogP contribution in [0.1, 0.15) is 82.7 Å². The van der Waals surface area contributed by atoms with Gasteiger partial charge in [-0.15, -0.1) is 0 Å². The summed E-state index contributed by atoms with van der Waals surface area (Å²) in [5, 5.41) is 0. The van der Waals surface area contributed by atoms with Crippen LogP contribution < -0.4 is 4.74 Å². The van der Waals surface area contributed by atoms with Gasteiger partial charge >= 0.3 is 0 Å². The number of rotatable bonds is 13. The van der Waals surface area contributed by atoms with Gasteiger partial charge in [-0.2, -0.15) is 0 Å². The van der Waals surface area contributed by atoms with Crippen molar-refractivity contribution >= 4 is 7.14 Å². The molecule has 1 aliphatic rings. The van der Waals surface area contributed by atoms with Crippen molar-refractivity contribution in [1.82, 2.24) is 9.88 Å². The molecule has 2 aromatic carbocycles. The molecule has 1 saturated carbocycles. The van der Waals surface area contributed by atoms with E-state index in [1.165, 1.54) is 24.6 Å². The molecule has 3 atom stereocenters. The second-order valence-corrected chi connectivity index (χ2v) is 16.4. The highest BCUT2D eigenvalue weighted by Gasteiger charge is 2.41. The molecule has 0 N–H and O–H groups in total. The van der Waals surface area contributed by atoms with Gasteiger partial charge in [-0.25, -0.2) is 4.39 Å². The zero-order chi connectivity index (χ0) is 29.9. The van der Waals surface area contributed by atoms with Crippen molar-refractivity contribution in [3.8, 4) is 16.9 Å². The van der Waals surface area contributed by atoms with Gasteiger partial charge in [0.05, 0.1) is 13.3 Å². The highest BCUT2D eigenvalue weighted by Crippen LogP contribution is 2.58. The first-order chi connectivity index (χ1) is 19.4. The third-order valence-corrected chi connectivity index (χ3v) is 12.2. The molecule has 0 bridgehead atoms. The summed E-state index contributed by atoms with van der Waals surface area (Å²) in [5.41, 5.74) is 5.79. The lowest BCUT2D eigenvalue weighted by Gasteiger charge is -2.31. The highest BCUT2D eigenvalue weighted by atomic mass is 31.2. The first kappa shape index (κ1) is 31.4. The van der Waals surface area contributed by atoms with Crippen LogP contribution in [0.15, 0.2) is 54.7 Å². The number of hydrogen-bond donors (Lipinski definition) is 0. The van der Waals surface area contributed by atoms with Gasteiger partial charge in [0.2, 0.25) is 0 Å². The van der Waals surface area contributed by atoms with E-state index >= 15 is 0 Å². The van der Waals surface area contributed by atoms with E-state index in [9.17, 15) is 8.96 Å². The molecule has 4 nitrogen and oxygen atoms in total. The lowest BCUT2D eigenvalue weighted by molar-refractivity contribution is 0.166. The van der Waals surface area contributed by atoms with Crippen molar-refractivity contribution in [2.45, 2.75) is 98.1 Å². The zero-order valence-electron chi connectivity index (χ0n) is 26.2. The summed E-state index contributed by atoms with van der Waals surface area (Å²) in [6.07, 6.45) is 4.47. The average Bonchev–Trinajstić information content (AvgIpc) is 3.77. The van der Waals surface area contributed by atoms with Crippen LogP contribution in [0, 0.1) is 18.7 Å². The molecule has 1 heterocycles. The van der Waals surface area contributed by atoms with Gasteiger partial charge in [0.25, 0.3) is 0 Å². The molecule has 0 spiro atoms. The molecule has 1 fully saturated rings. The predicted molar refractivity (Wildman–Crippen MR) is 170 cm³/mol. The number of halogens is 1. The number of aromatic nitrogens is 1. The Morgan fingerprint density at radius 2 is 1.73 bits per heavy atom. The second-order valence-electron chi connectivity index (χ2n) is 12.6. The summed E-state index contributed by atoms with van der Waals surface area (Å²) < 4.78 is 34.6. The van der Waals surface area contributed by atoms with Gasteiger partial charge in [0.1, 0.15) is 18.2 Å². The van der Waals surface area contributed by atoms with Gasteiger partial charge in [0.15, 0.2) is 0 Å². The fraction of sp³-hybridized carbons (Fsp3) is 0.514. The Bertz CT molecular complexity index is 1380. The molecular weight excluding hydrogens is 530 g/mol. The largest absolute Gasteiger partial charge is 0.489 e. The van der Waals surface area contributed by atoms with E-state index in [0.29, 0.717) is 42.6 Å². The number of nitrogens with zero attached hydrogens (tertiary/aromatic N) is 2. The van der Waals surface area contributed by atoms with Gasteiger partial charge in [-0.3, -0.25) is 9.88 Å². The molecule has 1 aromatic heterocycles. The van der Waals surface area contributed by atoms with E-state index in [1.807, 2.05) is 44.8 Å². The van der Waals surface area contributed by atoms with E-state index in [2.05, 4.69) is 68.8 Å². The summed E-state index contributed by atoms with van der Waals surface area (Å²) >= 11 is 0. The van der Waals surface area contributed by atoms with E-state index in [-0.39, 0.29) is 11.5 Å². The van der Waals surface area contributed by atoms with Crippen molar-refractivity contribution in [2.24, 2.45) is 5.92 Å². The Balaban J connectivity index is 1.61. The maximum Gasteiger partial charge on any atom is 0.149 e. The minimum atomic E-state index is -2.22. The van der Waals surface area contributed by atoms with Crippen LogP contribution in [0.3, 0.4) is 0 Å². The van der Waals surface area contributed by atoms with Crippen molar-refractivity contribution in [1.29, 1.82) is 0 Å². The smallest absolute Gasteiger partial charge is 0.149 e. The molecule has 0 aliphatic heterocycles. The Kier molecular flexibility index (Phi) is 10.1. The van der Waals surface area contributed by atoms with Crippen LogP contribution in [0.5, 0.6) is 5.75 Å². The second kappa shape index (κ2) is 13.2. The maximum atomic E-state index is 15.0. The van der Waals surface area contributed by atoms with Crippen LogP contribution in [-0.4, -0.2) is 40.5 Å². The molecule has 0 radical (unpaired) electrons. The summed E-state index contributed by atoms with van der Waals surface area (Å²) in [5.74, 6) is 1.43. The molecule has 0 amide bonds. The third kappa shape index (κ3) is 7.67. The maximum absolute atomic E-state index is 15.0. The fourth-order valence-electron chi connectivity index (χ4n) is 6.04. The Morgan fingerprint density at radius 3 is 2.37 bits per heavy atom. The fourth-order valence-corrected chi connectivity index (χ4v) is 7.72. The topological polar surface area (TPSA) is 42.4 Å². The summed E-state index contributed by atoms with van der Waals surface area (Å²) in [6, 6.07) is 17.1. The van der Waals surface area contributed by atoms with Crippen LogP contribution in [0.2, 0.25) is 0 Å². The summed E-state index contributed by atoms with van der Waals surface area (Å²) in [6.45, 7) is 18.0. The number of benzene rings is 2. The van der Waals surface area contributed by atoms with Gasteiger partial charge in [-0.1, -0.05) is 44.2 Å². The summed E-state index contributed by atoms with van der Waals surface area (Å²) in [4.78, 5) is 6.55. The minimum Gasteiger partial charge on any atom is -0.489 e. The van der Waals surface area contributed by atoms with Crippen LogP contribution in [0.25, 0.3) is 11.1 Å². The average molecular weight is 579 g/mol. The van der Waals surface area contributed by atoms with Crippen molar-refractivity contribution in [2.75, 3.05) is 12.8 Å². The van der Waals surface area contributed by atoms with E-state index in [0.717, 1.165) is 34.3 Å². The standard InChI is InChI=1S/C35H48FN2O2P/c1-9-41(8,39)26(7)35(28-14-15-28)29-11-10-12-31(19-29)40-22-27-13-16-32(33-17-25(6)37-20-34(33)36)30(18-27)21-38(23(2)3)24(4)5/h10-13,16-20,23-24,26,28,35H,9,14-15,21-22H2,1-8H3/t26-,35-,41?/m0/s1. The van der Waals surface area contributed by atoms with Crippen molar-refractivity contribution in [3.05, 3.63) is 82.9 Å². The Hall–Kier alpha value is -2.49. The van der Waals surface area contributed by atoms with Crippen LogP contribution in [0.4, 0.5) is 4.39 Å². The van der Waals surface area contributed by atoms with Crippen LogP contribution >= 0.6 is 7.14 Å². The number of aryl methyl sites for hydroxylation is 1. The number of pyridine rings is 1. The lowest BCUT2D eigenvalue weighted by Crippen LogP contribution is -2.36. The van der Waals surface area contributed by atoms with Gasteiger partial charge in [-0.05, 0) is 113 Å². The quantitative estimate of drug-likeness (QED) is 0.190. The summed E-state index contributed by atoms with van der Waals surface area (Å²) in [7, 11) is -2.22. The first-order valence-corrected chi connectivity index (χ1v) is 17.6. The predicted octanol–water partition coefficient (Wildman–Crippen LogP) is 9.29. The molecule has 1 aliphatic carbocycles. The molecular formula is C35H48FN2O2P. The zero-order valence-corrected chi connectivity index (χ0v) is 27.0. The number of ether oxygens (including phenoxy) is 1. The SMILES string of the molecule is CCP(C)(=O)[C@@H](C)[C@H](c1cccc(OCc2ccc(-c3cc(C)ncc3F)c(CN(C(C)C)C(C)C)c2)c1)C1CC1. The molecule has 3 aromatic rings. The molecule has 1 unspecified atom stereocenters. The number of hydrogen-bond acceptors (Lipinski definition) is 4. The minimum absolute atomic E-state index is 0.160. The normalized spacial score (nSPS) is 16.7. The van der Waals surface area contributed by atoms with Crippen LogP contribution in [-0.2, 0) is 17.7 Å². The monoisotopic (exact) mass is 578 g/mol. The molecule has 6 heteroatoms. The Labute approximate surface area is 247 Å². The molecule has 4 rings (SSSR count). The molecule has 41 heavy (non-hydrogen) atoms. The molecule has 222 valence electrons. The lowest BCUT2D eigenvalue weighted by atomic mass is 9.91. The van der Waals surface area contributed by atoms with E-state index in [4.69, 9.17) is 4.74 Å². The Morgan fingerprint density at radius 1 is 1.02 bits per heavy atom. The van der Waals surface area contributed by atoms with Gasteiger partial charge in [0, 0.05) is 35.5 Å². The third-order valence-electron chi connectivity index (χ3n) is 8.92. The van der Waals surface area contributed by atoms with Crippen molar-refractivity contribution in [3.63, 3.8) is 0 Å². The van der Waals surface area contributed by atoms with Crippen molar-refractivity contribution < 1.29 is 13.7 Å². The molecule has 0 saturated heterocycles. The highest BCUT2D eigenvalue weighted by molar-refractivity contribution is 7.63.